The van der Waals surface area contributed by atoms with Crippen LogP contribution >= 0.6 is 11.8 Å². The second kappa shape index (κ2) is 5.75. The number of primary amides is 1. The highest BCUT2D eigenvalue weighted by atomic mass is 32.2. The normalized spacial score (nSPS) is 16.1. The van der Waals surface area contributed by atoms with Gasteiger partial charge in [0, 0.05) is 11.6 Å². The van der Waals surface area contributed by atoms with Crippen molar-refractivity contribution in [3.8, 4) is 0 Å². The molecule has 1 heterocycles. The van der Waals surface area contributed by atoms with Crippen LogP contribution in [0.1, 0.15) is 11.1 Å². The molecule has 1 aliphatic heterocycles. The van der Waals surface area contributed by atoms with Gasteiger partial charge in [0.15, 0.2) is 0 Å². The molecule has 1 aromatic rings. The van der Waals surface area contributed by atoms with Crippen molar-refractivity contribution >= 4 is 40.6 Å². The summed E-state index contributed by atoms with van der Waals surface area (Å²) in [6.07, 6.45) is 1.12. The number of carbonyl (C=O) groups excluding carboxylic acids is 3. The molecule has 3 amide bonds. The fourth-order valence-electron chi connectivity index (χ4n) is 1.75. The maximum absolute atomic E-state index is 11.4. The van der Waals surface area contributed by atoms with Crippen molar-refractivity contribution in [2.45, 2.75) is 6.42 Å². The lowest BCUT2D eigenvalue weighted by Gasteiger charge is -2.02. The van der Waals surface area contributed by atoms with Crippen molar-refractivity contribution in [1.82, 2.24) is 5.32 Å². The minimum atomic E-state index is -0.680. The van der Waals surface area contributed by atoms with Crippen LogP contribution in [0.3, 0.4) is 0 Å². The van der Waals surface area contributed by atoms with E-state index in [-0.39, 0.29) is 22.6 Å². The molecule has 9 heteroatoms. The largest absolute Gasteiger partial charge is 0.369 e. The number of hydrogen-bond acceptors (Lipinski definition) is 6. The Bertz CT molecular complexity index is 698. The summed E-state index contributed by atoms with van der Waals surface area (Å²) < 4.78 is 0. The number of imide groups is 1. The number of thioether (sulfide) groups is 1. The molecule has 0 spiro atoms. The van der Waals surface area contributed by atoms with E-state index in [0.29, 0.717) is 17.3 Å². The zero-order valence-electron chi connectivity index (χ0n) is 10.5. The Morgan fingerprint density at radius 1 is 1.43 bits per heavy atom. The molecule has 0 aromatic heterocycles. The third-order valence-corrected chi connectivity index (χ3v) is 3.42. The Morgan fingerprint density at radius 3 is 2.67 bits per heavy atom. The Labute approximate surface area is 122 Å². The standard InChI is InChI=1S/C12H9N3O5S/c13-10(16)5-7-2-1-6(3-8(7)15(19)20)4-9-11(17)14-12(18)21-9/h1-4H,5H2,(H2,13,16)(H,14,17,18). The molecule has 108 valence electrons. The summed E-state index contributed by atoms with van der Waals surface area (Å²) in [5.74, 6) is -1.23. The smallest absolute Gasteiger partial charge is 0.290 e. The van der Waals surface area contributed by atoms with E-state index in [9.17, 15) is 24.5 Å². The third kappa shape index (κ3) is 3.45. The summed E-state index contributed by atoms with van der Waals surface area (Å²) in [4.78, 5) is 43.8. The van der Waals surface area contributed by atoms with Gasteiger partial charge in [-0.25, -0.2) is 0 Å². The molecule has 1 aromatic carbocycles. The predicted molar refractivity (Wildman–Crippen MR) is 75.1 cm³/mol. The topological polar surface area (TPSA) is 132 Å². The van der Waals surface area contributed by atoms with Crippen molar-refractivity contribution in [3.63, 3.8) is 0 Å². The number of carbonyl (C=O) groups is 3. The van der Waals surface area contributed by atoms with E-state index in [0.717, 1.165) is 0 Å². The van der Waals surface area contributed by atoms with Gasteiger partial charge in [-0.2, -0.15) is 0 Å². The monoisotopic (exact) mass is 307 g/mol. The van der Waals surface area contributed by atoms with Crippen molar-refractivity contribution < 1.29 is 19.3 Å². The molecular weight excluding hydrogens is 298 g/mol. The number of amides is 3. The molecule has 21 heavy (non-hydrogen) atoms. The first-order chi connectivity index (χ1) is 9.86. The molecule has 1 fully saturated rings. The van der Waals surface area contributed by atoms with Gasteiger partial charge in [0.25, 0.3) is 16.8 Å². The molecule has 2 rings (SSSR count). The van der Waals surface area contributed by atoms with Gasteiger partial charge in [-0.05, 0) is 23.4 Å². The zero-order valence-corrected chi connectivity index (χ0v) is 11.3. The lowest BCUT2D eigenvalue weighted by Crippen LogP contribution is -2.17. The minimum Gasteiger partial charge on any atom is -0.369 e. The van der Waals surface area contributed by atoms with E-state index < -0.39 is 22.0 Å². The van der Waals surface area contributed by atoms with Crippen molar-refractivity contribution in [2.75, 3.05) is 0 Å². The molecule has 0 saturated carbocycles. The first kappa shape index (κ1) is 14.7. The summed E-state index contributed by atoms with van der Waals surface area (Å²) in [5, 5.41) is 12.6. The first-order valence-corrected chi connectivity index (χ1v) is 6.49. The molecule has 3 N–H and O–H groups in total. The number of hydrogen-bond donors (Lipinski definition) is 2. The summed E-state index contributed by atoms with van der Waals surface area (Å²) in [6.45, 7) is 0. The summed E-state index contributed by atoms with van der Waals surface area (Å²) in [5.41, 5.74) is 5.33. The molecule has 0 unspecified atom stereocenters. The van der Waals surface area contributed by atoms with Crippen LogP contribution in [0.25, 0.3) is 6.08 Å². The average molecular weight is 307 g/mol. The lowest BCUT2D eigenvalue weighted by molar-refractivity contribution is -0.385. The number of nitrogens with one attached hydrogen (secondary N) is 1. The second-order valence-corrected chi connectivity index (χ2v) is 5.16. The highest BCUT2D eigenvalue weighted by Crippen LogP contribution is 2.28. The van der Waals surface area contributed by atoms with E-state index in [4.69, 9.17) is 5.73 Å². The van der Waals surface area contributed by atoms with Crippen LogP contribution in [0.15, 0.2) is 23.1 Å². The van der Waals surface area contributed by atoms with Crippen molar-refractivity contribution in [1.29, 1.82) is 0 Å². The average Bonchev–Trinajstić information content (AvgIpc) is 2.68. The van der Waals surface area contributed by atoms with E-state index in [1.165, 1.54) is 24.3 Å². The van der Waals surface area contributed by atoms with Crippen LogP contribution in [0.4, 0.5) is 10.5 Å². The van der Waals surface area contributed by atoms with Crippen LogP contribution in [0.2, 0.25) is 0 Å². The lowest BCUT2D eigenvalue weighted by atomic mass is 10.1. The molecule has 8 nitrogen and oxygen atoms in total. The zero-order chi connectivity index (χ0) is 15.6. The van der Waals surface area contributed by atoms with E-state index in [1.807, 2.05) is 0 Å². The quantitative estimate of drug-likeness (QED) is 0.483. The van der Waals surface area contributed by atoms with Crippen LogP contribution in [-0.4, -0.2) is 22.0 Å². The van der Waals surface area contributed by atoms with Crippen LogP contribution in [0, 0.1) is 10.1 Å². The molecule has 0 atom stereocenters. The minimum absolute atomic E-state index is 0.150. The Balaban J connectivity index is 2.38. The maximum atomic E-state index is 11.4. The van der Waals surface area contributed by atoms with Crippen LogP contribution in [-0.2, 0) is 16.0 Å². The molecule has 0 aliphatic carbocycles. The predicted octanol–water partition coefficient (Wildman–Crippen LogP) is 0.946. The number of nitro groups is 1. The number of rotatable bonds is 4. The van der Waals surface area contributed by atoms with E-state index in [1.54, 1.807) is 0 Å². The van der Waals surface area contributed by atoms with Gasteiger partial charge in [0.05, 0.1) is 16.2 Å². The first-order valence-electron chi connectivity index (χ1n) is 5.67. The van der Waals surface area contributed by atoms with E-state index >= 15 is 0 Å². The Hall–Kier alpha value is -2.68. The highest BCUT2D eigenvalue weighted by Gasteiger charge is 2.25. The summed E-state index contributed by atoms with van der Waals surface area (Å²) in [7, 11) is 0. The molecule has 0 bridgehead atoms. The molecule has 1 aliphatic rings. The second-order valence-electron chi connectivity index (χ2n) is 4.14. The fourth-order valence-corrected chi connectivity index (χ4v) is 2.43. The third-order valence-electron chi connectivity index (χ3n) is 2.61. The van der Waals surface area contributed by atoms with Gasteiger partial charge >= 0.3 is 0 Å². The van der Waals surface area contributed by atoms with Crippen molar-refractivity contribution in [3.05, 3.63) is 44.3 Å². The SMILES string of the molecule is NC(=O)Cc1ccc(C=C2SC(=O)NC2=O)cc1[N+](=O)[O-]. The van der Waals surface area contributed by atoms with Gasteiger partial charge < -0.3 is 5.73 Å². The number of nitrogens with two attached hydrogens (primary N) is 1. The van der Waals surface area contributed by atoms with E-state index in [2.05, 4.69) is 5.32 Å². The Morgan fingerprint density at radius 2 is 2.14 bits per heavy atom. The van der Waals surface area contributed by atoms with Crippen LogP contribution < -0.4 is 11.1 Å². The van der Waals surface area contributed by atoms with Gasteiger partial charge in [-0.3, -0.25) is 29.8 Å². The molecular formula is C12H9N3O5S. The maximum Gasteiger partial charge on any atom is 0.290 e. The summed E-state index contributed by atoms with van der Waals surface area (Å²) in [6, 6.07) is 4.13. The van der Waals surface area contributed by atoms with Gasteiger partial charge in [0.2, 0.25) is 5.91 Å². The Kier molecular flexibility index (Phi) is 4.03. The summed E-state index contributed by atoms with van der Waals surface area (Å²) >= 11 is 0.715. The number of nitro benzene ring substituents is 1. The number of benzene rings is 1. The highest BCUT2D eigenvalue weighted by molar-refractivity contribution is 8.18. The molecule has 1 saturated heterocycles. The van der Waals surface area contributed by atoms with Crippen molar-refractivity contribution in [2.24, 2.45) is 5.73 Å². The van der Waals surface area contributed by atoms with Gasteiger partial charge in [-0.15, -0.1) is 0 Å². The number of nitrogens with zero attached hydrogens (tertiary/aromatic N) is 1. The van der Waals surface area contributed by atoms with Gasteiger partial charge in [0.1, 0.15) is 0 Å². The van der Waals surface area contributed by atoms with Gasteiger partial charge in [-0.1, -0.05) is 12.1 Å². The molecule has 0 radical (unpaired) electrons. The fraction of sp³-hybridized carbons (Fsp3) is 0.0833. The van der Waals surface area contributed by atoms with Crippen LogP contribution in [0.5, 0.6) is 0 Å².